The molecule has 0 atom stereocenters. The Labute approximate surface area is 187 Å². The monoisotopic (exact) mass is 438 g/mol. The molecule has 0 saturated heterocycles. The number of urea groups is 1. The minimum Gasteiger partial charge on any atom is -0.493 e. The molecule has 0 spiro atoms. The molecule has 2 aromatic carbocycles. The zero-order chi connectivity index (χ0) is 23.2. The normalized spacial score (nSPS) is 10.6. The van der Waals surface area contributed by atoms with Crippen molar-refractivity contribution in [3.05, 3.63) is 72.8 Å². The van der Waals surface area contributed by atoms with Crippen LogP contribution in [0, 0.1) is 0 Å². The van der Waals surface area contributed by atoms with Crippen LogP contribution in [0.15, 0.2) is 71.9 Å². The molecule has 0 aromatic heterocycles. The minimum absolute atomic E-state index is 0.367. The van der Waals surface area contributed by atoms with E-state index in [-0.39, 0.29) is 0 Å². The van der Waals surface area contributed by atoms with Crippen LogP contribution in [0.25, 0.3) is 0 Å². The molecule has 9 nitrogen and oxygen atoms in total. The summed E-state index contributed by atoms with van der Waals surface area (Å²) in [5, 5.41) is 7.77. The number of ether oxygens (including phenoxy) is 4. The zero-order valence-corrected chi connectivity index (χ0v) is 18.0. The maximum absolute atomic E-state index is 11.9. The summed E-state index contributed by atoms with van der Waals surface area (Å²) in [7, 11) is 3.08. The molecule has 168 valence electrons. The predicted octanol–water partition coefficient (Wildman–Crippen LogP) is 3.50. The lowest BCUT2D eigenvalue weighted by Gasteiger charge is -2.09. The van der Waals surface area contributed by atoms with Gasteiger partial charge in [0, 0.05) is 0 Å². The summed E-state index contributed by atoms with van der Waals surface area (Å²) in [6.07, 6.45) is 6.22. The summed E-state index contributed by atoms with van der Waals surface area (Å²) < 4.78 is 21.6. The number of rotatable bonds is 12. The fraction of sp³-hybridized carbons (Fsp3) is 0.174. The Morgan fingerprint density at radius 3 is 1.62 bits per heavy atom. The predicted molar refractivity (Wildman–Crippen MR) is 124 cm³/mol. The van der Waals surface area contributed by atoms with Crippen molar-refractivity contribution in [1.29, 1.82) is 0 Å². The Bertz CT molecular complexity index is 911. The molecule has 0 saturated carbocycles. The number of carbonyl (C=O) groups is 1. The van der Waals surface area contributed by atoms with Crippen LogP contribution >= 0.6 is 0 Å². The maximum Gasteiger partial charge on any atom is 0.355 e. The largest absolute Gasteiger partial charge is 0.493 e. The van der Waals surface area contributed by atoms with Crippen molar-refractivity contribution in [1.82, 2.24) is 10.9 Å². The van der Waals surface area contributed by atoms with Gasteiger partial charge in [0.25, 0.3) is 0 Å². The van der Waals surface area contributed by atoms with E-state index in [0.29, 0.717) is 47.3 Å². The van der Waals surface area contributed by atoms with Crippen molar-refractivity contribution in [3.8, 4) is 23.0 Å². The maximum atomic E-state index is 11.9. The minimum atomic E-state index is -0.603. The van der Waals surface area contributed by atoms with Crippen LogP contribution in [0.3, 0.4) is 0 Å². The van der Waals surface area contributed by atoms with E-state index in [1.165, 1.54) is 26.6 Å². The van der Waals surface area contributed by atoms with E-state index in [2.05, 4.69) is 34.2 Å². The number of hydrogen-bond donors (Lipinski definition) is 2. The molecular weight excluding hydrogens is 412 g/mol. The highest BCUT2D eigenvalue weighted by molar-refractivity contribution is 5.84. The Morgan fingerprint density at radius 1 is 0.812 bits per heavy atom. The number of hydrazone groups is 2. The molecule has 0 aliphatic rings. The van der Waals surface area contributed by atoms with Crippen LogP contribution in [0.2, 0.25) is 0 Å². The van der Waals surface area contributed by atoms with Gasteiger partial charge in [0.15, 0.2) is 23.0 Å². The van der Waals surface area contributed by atoms with Gasteiger partial charge in [-0.3, -0.25) is 0 Å². The highest BCUT2D eigenvalue weighted by atomic mass is 16.5. The van der Waals surface area contributed by atoms with E-state index in [1.54, 1.807) is 48.6 Å². The lowest BCUT2D eigenvalue weighted by Crippen LogP contribution is -2.28. The third-order valence-corrected chi connectivity index (χ3v) is 3.85. The number of hydrogen-bond acceptors (Lipinski definition) is 7. The third-order valence-electron chi connectivity index (χ3n) is 3.85. The number of carbonyl (C=O) groups excluding carboxylic acids is 1. The van der Waals surface area contributed by atoms with E-state index in [0.717, 1.165) is 0 Å². The quantitative estimate of drug-likeness (QED) is 0.300. The van der Waals surface area contributed by atoms with Crippen molar-refractivity contribution >= 4 is 18.5 Å². The molecule has 9 heteroatoms. The number of nitrogens with one attached hydrogen (secondary N) is 2. The molecular formula is C23H26N4O5. The summed E-state index contributed by atoms with van der Waals surface area (Å²) in [5.74, 6) is 2.26. The SMILES string of the molecule is C=CCOc1ccc(C=NNC(=O)NN=Cc2ccc(OCC=C)c(OC)c2)cc1OC. The lowest BCUT2D eigenvalue weighted by molar-refractivity contribution is 0.242. The van der Waals surface area contributed by atoms with Crippen LogP contribution in [0.1, 0.15) is 11.1 Å². The third kappa shape index (κ3) is 7.52. The van der Waals surface area contributed by atoms with Crippen LogP contribution in [-0.4, -0.2) is 45.9 Å². The first-order valence-corrected chi connectivity index (χ1v) is 9.56. The summed E-state index contributed by atoms with van der Waals surface area (Å²) in [4.78, 5) is 11.9. The topological polar surface area (TPSA) is 103 Å². The number of methoxy groups -OCH3 is 2. The van der Waals surface area contributed by atoms with Gasteiger partial charge >= 0.3 is 6.03 Å². The van der Waals surface area contributed by atoms with Gasteiger partial charge in [-0.1, -0.05) is 25.3 Å². The highest BCUT2D eigenvalue weighted by Crippen LogP contribution is 2.28. The number of benzene rings is 2. The van der Waals surface area contributed by atoms with Crippen LogP contribution < -0.4 is 29.8 Å². The molecule has 2 rings (SSSR count). The summed E-state index contributed by atoms with van der Waals surface area (Å²) in [6, 6.07) is 9.90. The van der Waals surface area contributed by atoms with Crippen molar-refractivity contribution in [3.63, 3.8) is 0 Å². The van der Waals surface area contributed by atoms with Gasteiger partial charge in [-0.25, -0.2) is 15.6 Å². The van der Waals surface area contributed by atoms with Gasteiger partial charge in [0.1, 0.15) is 13.2 Å². The van der Waals surface area contributed by atoms with E-state index in [4.69, 9.17) is 18.9 Å². The Morgan fingerprint density at radius 2 is 1.25 bits per heavy atom. The van der Waals surface area contributed by atoms with Gasteiger partial charge in [0.2, 0.25) is 0 Å². The second kappa shape index (κ2) is 13.1. The molecule has 0 aliphatic carbocycles. The average Bonchev–Trinajstić information content (AvgIpc) is 2.82. The summed E-state index contributed by atoms with van der Waals surface area (Å²) >= 11 is 0. The van der Waals surface area contributed by atoms with Crippen molar-refractivity contribution in [2.45, 2.75) is 0 Å². The molecule has 0 unspecified atom stereocenters. The smallest absolute Gasteiger partial charge is 0.355 e. The molecule has 0 heterocycles. The van der Waals surface area contributed by atoms with E-state index < -0.39 is 6.03 Å². The van der Waals surface area contributed by atoms with E-state index in [9.17, 15) is 4.79 Å². The van der Waals surface area contributed by atoms with Crippen LogP contribution in [-0.2, 0) is 0 Å². The van der Waals surface area contributed by atoms with Gasteiger partial charge in [-0.15, -0.1) is 0 Å². The zero-order valence-electron chi connectivity index (χ0n) is 18.0. The fourth-order valence-electron chi connectivity index (χ4n) is 2.42. The van der Waals surface area contributed by atoms with E-state index in [1.807, 2.05) is 0 Å². The van der Waals surface area contributed by atoms with Gasteiger partial charge in [-0.05, 0) is 47.5 Å². The molecule has 2 aromatic rings. The number of amides is 2. The van der Waals surface area contributed by atoms with Gasteiger partial charge in [0.05, 0.1) is 26.6 Å². The van der Waals surface area contributed by atoms with Gasteiger partial charge < -0.3 is 18.9 Å². The fourth-order valence-corrected chi connectivity index (χ4v) is 2.42. The standard InChI is InChI=1S/C23H26N4O5/c1-5-11-31-19-9-7-17(13-21(19)29-3)15-24-26-23(28)27-25-16-18-8-10-20(32-12-6-2)22(14-18)30-4/h5-10,13-16H,1-2,11-12H2,3-4H3,(H2,26,27,28). The first-order chi connectivity index (χ1) is 15.6. The molecule has 0 bridgehead atoms. The average molecular weight is 438 g/mol. The highest BCUT2D eigenvalue weighted by Gasteiger charge is 2.05. The molecule has 0 aliphatic heterocycles. The lowest BCUT2D eigenvalue weighted by atomic mass is 10.2. The second-order valence-electron chi connectivity index (χ2n) is 6.09. The van der Waals surface area contributed by atoms with E-state index >= 15 is 0 Å². The van der Waals surface area contributed by atoms with Crippen LogP contribution in [0.4, 0.5) is 4.79 Å². The molecule has 32 heavy (non-hydrogen) atoms. The summed E-state index contributed by atoms with van der Waals surface area (Å²) in [5.41, 5.74) is 6.07. The molecule has 2 N–H and O–H groups in total. The number of nitrogens with zero attached hydrogens (tertiary/aromatic N) is 2. The van der Waals surface area contributed by atoms with Crippen molar-refractivity contribution in [2.75, 3.05) is 27.4 Å². The van der Waals surface area contributed by atoms with Crippen molar-refractivity contribution < 1.29 is 23.7 Å². The first-order valence-electron chi connectivity index (χ1n) is 9.56. The first kappa shape index (κ1) is 24.0. The Kier molecular flexibility index (Phi) is 9.84. The molecule has 0 fully saturated rings. The van der Waals surface area contributed by atoms with Gasteiger partial charge in [-0.2, -0.15) is 10.2 Å². The van der Waals surface area contributed by atoms with Crippen molar-refractivity contribution in [2.24, 2.45) is 10.2 Å². The Hall–Kier alpha value is -4.27. The summed E-state index contributed by atoms with van der Waals surface area (Å²) in [6.45, 7) is 7.95. The molecule has 2 amide bonds. The second-order valence-corrected chi connectivity index (χ2v) is 6.09. The molecule has 0 radical (unpaired) electrons. The van der Waals surface area contributed by atoms with Crippen LogP contribution in [0.5, 0.6) is 23.0 Å². The Balaban J connectivity index is 1.89.